The smallest absolute Gasteiger partial charge is 0.266 e. The molecule has 8 aromatic rings. The lowest BCUT2D eigenvalue weighted by molar-refractivity contribution is -0.119. The zero-order valence-electron chi connectivity index (χ0n) is 31.7. The van der Waals surface area contributed by atoms with Gasteiger partial charge in [0, 0.05) is 41.4 Å². The third-order valence-electron chi connectivity index (χ3n) is 11.5. The first-order valence-electron chi connectivity index (χ1n) is 18.6. The Morgan fingerprint density at radius 3 is 1.31 bits per heavy atom. The molecule has 0 fully saturated rings. The van der Waals surface area contributed by atoms with E-state index in [-0.39, 0.29) is 11.8 Å². The lowest BCUT2D eigenvalue weighted by atomic mass is 9.76. The summed E-state index contributed by atoms with van der Waals surface area (Å²) in [6, 6.07) is 46.6. The highest BCUT2D eigenvalue weighted by molar-refractivity contribution is 7.12. The Hall–Kier alpha value is -5.82. The first-order valence-corrected chi connectivity index (χ1v) is 20.2. The van der Waals surface area contributed by atoms with Crippen molar-refractivity contribution in [2.24, 2.45) is 0 Å². The number of benzene rings is 5. The van der Waals surface area contributed by atoms with Crippen LogP contribution in [0, 0.1) is 41.5 Å². The lowest BCUT2D eigenvalue weighted by Gasteiger charge is -2.39. The maximum atomic E-state index is 15.0. The van der Waals surface area contributed by atoms with E-state index in [1.807, 2.05) is 12.1 Å². The van der Waals surface area contributed by atoms with Gasteiger partial charge in [-0.3, -0.25) is 9.59 Å². The number of thiophene rings is 2. The molecule has 270 valence electrons. The van der Waals surface area contributed by atoms with E-state index in [0.717, 1.165) is 80.3 Å². The van der Waals surface area contributed by atoms with Gasteiger partial charge in [-0.25, -0.2) is 4.90 Å². The minimum Gasteiger partial charge on any atom is -0.322 e. The van der Waals surface area contributed by atoms with Gasteiger partial charge in [-0.1, -0.05) is 109 Å². The molecule has 6 heteroatoms. The van der Waals surface area contributed by atoms with Gasteiger partial charge in [0.05, 0.1) is 27.9 Å². The van der Waals surface area contributed by atoms with Crippen LogP contribution in [-0.4, -0.2) is 16.4 Å². The first kappa shape index (κ1) is 34.9. The molecule has 0 unspecified atom stereocenters. The summed E-state index contributed by atoms with van der Waals surface area (Å²) in [5.74, 6) is -0.552. The molecular weight excluding hydrogens is 713 g/mol. The molecule has 3 aromatic heterocycles. The second kappa shape index (κ2) is 13.2. The zero-order chi connectivity index (χ0) is 38.2. The fourth-order valence-corrected chi connectivity index (χ4v) is 11.1. The van der Waals surface area contributed by atoms with Crippen molar-refractivity contribution in [1.82, 2.24) is 4.57 Å². The second-order valence-corrected chi connectivity index (χ2v) is 17.3. The van der Waals surface area contributed by atoms with Gasteiger partial charge in [0.25, 0.3) is 11.8 Å². The maximum absolute atomic E-state index is 15.0. The Kier molecular flexibility index (Phi) is 8.37. The van der Waals surface area contributed by atoms with Crippen LogP contribution >= 0.6 is 22.7 Å². The molecule has 5 aromatic carbocycles. The van der Waals surface area contributed by atoms with E-state index in [0.29, 0.717) is 16.8 Å². The SMILES string of the molecule is Cc1sc(C)c(C2=C(c3c(C)sc(C)c3C)C(=O)N(c3ccc4c(c3)c3ccccc3n4C(c3ccccc3)(c3ccccc3)c3ccccc3)C2=O)c1C. The van der Waals surface area contributed by atoms with E-state index in [4.69, 9.17) is 0 Å². The summed E-state index contributed by atoms with van der Waals surface area (Å²) in [5, 5.41) is 2.01. The van der Waals surface area contributed by atoms with E-state index in [1.54, 1.807) is 22.7 Å². The standard InChI is InChI=1S/C49H40N2O2S2/c1-29-31(3)54-33(5)43(29)45-46(44-30(2)32(4)55-34(44)6)48(53)50(47(45)52)38-26-27-42-40(28-38)39-24-16-17-25-41(39)51(42)49(35-18-10-7-11-19-35,36-20-12-8-13-21-36)37-22-14-9-15-23-37/h7-28H,1-6H3. The summed E-state index contributed by atoms with van der Waals surface area (Å²) >= 11 is 3.36. The largest absolute Gasteiger partial charge is 0.322 e. The van der Waals surface area contributed by atoms with Crippen LogP contribution in [0.3, 0.4) is 0 Å². The number of fused-ring (bicyclic) bond motifs is 3. The monoisotopic (exact) mass is 752 g/mol. The van der Waals surface area contributed by atoms with Crippen LogP contribution < -0.4 is 4.90 Å². The van der Waals surface area contributed by atoms with Gasteiger partial charge in [0.1, 0.15) is 5.54 Å². The highest BCUT2D eigenvalue weighted by Crippen LogP contribution is 2.49. The molecule has 1 aliphatic heterocycles. The van der Waals surface area contributed by atoms with E-state index in [2.05, 4.69) is 167 Å². The normalized spacial score (nSPS) is 13.6. The van der Waals surface area contributed by atoms with E-state index >= 15 is 9.59 Å². The minimum absolute atomic E-state index is 0.276. The summed E-state index contributed by atoms with van der Waals surface area (Å²) < 4.78 is 2.45. The molecule has 0 spiro atoms. The molecular formula is C49H40N2O2S2. The number of aromatic nitrogens is 1. The van der Waals surface area contributed by atoms with E-state index in [9.17, 15) is 0 Å². The molecule has 0 saturated carbocycles. The number of carbonyl (C=O) groups excluding carboxylic acids is 2. The Morgan fingerprint density at radius 2 is 0.873 bits per heavy atom. The minimum atomic E-state index is -0.758. The van der Waals surface area contributed by atoms with Crippen molar-refractivity contribution in [3.8, 4) is 0 Å². The molecule has 0 atom stereocenters. The van der Waals surface area contributed by atoms with Crippen LogP contribution in [0.15, 0.2) is 133 Å². The summed E-state index contributed by atoms with van der Waals surface area (Å²) in [4.78, 5) is 35.8. The van der Waals surface area contributed by atoms with E-state index < -0.39 is 5.54 Å². The highest BCUT2D eigenvalue weighted by Gasteiger charge is 2.44. The Labute approximate surface area is 329 Å². The molecule has 55 heavy (non-hydrogen) atoms. The molecule has 0 aliphatic carbocycles. The molecule has 9 rings (SSSR count). The van der Waals surface area contributed by atoms with Gasteiger partial charge in [0.15, 0.2) is 0 Å². The fourth-order valence-electron chi connectivity index (χ4n) is 8.94. The van der Waals surface area contributed by atoms with Crippen molar-refractivity contribution < 1.29 is 9.59 Å². The average molecular weight is 753 g/mol. The summed E-state index contributed by atoms with van der Waals surface area (Å²) in [6.07, 6.45) is 0. The topological polar surface area (TPSA) is 42.3 Å². The number of aryl methyl sites for hydroxylation is 4. The number of imide groups is 1. The van der Waals surface area contributed by atoms with Crippen LogP contribution in [0.2, 0.25) is 0 Å². The molecule has 2 amide bonds. The third-order valence-corrected chi connectivity index (χ3v) is 13.8. The number of amides is 2. The van der Waals surface area contributed by atoms with Gasteiger partial charge < -0.3 is 4.57 Å². The number of anilines is 1. The Bertz CT molecular complexity index is 2690. The Balaban J connectivity index is 1.32. The van der Waals surface area contributed by atoms with Crippen LogP contribution in [0.5, 0.6) is 0 Å². The van der Waals surface area contributed by atoms with Crippen molar-refractivity contribution in [3.05, 3.63) is 192 Å². The van der Waals surface area contributed by atoms with Gasteiger partial charge >= 0.3 is 0 Å². The van der Waals surface area contributed by atoms with Crippen molar-refractivity contribution in [2.45, 2.75) is 47.1 Å². The first-order chi connectivity index (χ1) is 26.6. The molecule has 1 aliphatic rings. The number of rotatable bonds is 7. The molecule has 0 N–H and O–H groups in total. The number of hydrogen-bond acceptors (Lipinski definition) is 4. The van der Waals surface area contributed by atoms with Crippen LogP contribution in [0.1, 0.15) is 58.5 Å². The maximum Gasteiger partial charge on any atom is 0.266 e. The summed E-state index contributed by atoms with van der Waals surface area (Å²) in [6.45, 7) is 12.4. The predicted octanol–water partition coefficient (Wildman–Crippen LogP) is 12.1. The predicted molar refractivity (Wildman–Crippen MR) is 230 cm³/mol. The summed E-state index contributed by atoms with van der Waals surface area (Å²) in [5.41, 5.74) is 10.1. The van der Waals surface area contributed by atoms with Crippen molar-refractivity contribution in [3.63, 3.8) is 0 Å². The third kappa shape index (κ3) is 5.08. The quantitative estimate of drug-likeness (QED) is 0.120. The number of para-hydroxylation sites is 1. The van der Waals surface area contributed by atoms with Crippen LogP contribution in [-0.2, 0) is 15.1 Å². The van der Waals surface area contributed by atoms with Gasteiger partial charge in [-0.05, 0) is 93.6 Å². The number of carbonyl (C=O) groups is 2. The van der Waals surface area contributed by atoms with Crippen molar-refractivity contribution >= 4 is 73.1 Å². The Morgan fingerprint density at radius 1 is 0.455 bits per heavy atom. The number of hydrogen-bond donors (Lipinski definition) is 0. The van der Waals surface area contributed by atoms with Crippen molar-refractivity contribution in [2.75, 3.05) is 4.90 Å². The van der Waals surface area contributed by atoms with Gasteiger partial charge in [0.2, 0.25) is 0 Å². The van der Waals surface area contributed by atoms with E-state index in [1.165, 1.54) is 4.90 Å². The molecule has 0 bridgehead atoms. The second-order valence-electron chi connectivity index (χ2n) is 14.5. The van der Waals surface area contributed by atoms with Crippen molar-refractivity contribution in [1.29, 1.82) is 0 Å². The molecule has 0 radical (unpaired) electrons. The molecule has 4 heterocycles. The number of nitrogens with zero attached hydrogens (tertiary/aromatic N) is 2. The highest BCUT2D eigenvalue weighted by atomic mass is 32.1. The van der Waals surface area contributed by atoms with Gasteiger partial charge in [-0.2, -0.15) is 0 Å². The summed E-state index contributed by atoms with van der Waals surface area (Å²) in [7, 11) is 0. The lowest BCUT2D eigenvalue weighted by Crippen LogP contribution is -2.37. The fraction of sp³-hybridized carbons (Fsp3) is 0.143. The molecule has 4 nitrogen and oxygen atoms in total. The zero-order valence-corrected chi connectivity index (χ0v) is 33.4. The van der Waals surface area contributed by atoms with Crippen LogP contribution in [0.25, 0.3) is 33.0 Å². The van der Waals surface area contributed by atoms with Crippen LogP contribution in [0.4, 0.5) is 5.69 Å². The molecule has 0 saturated heterocycles. The van der Waals surface area contributed by atoms with Gasteiger partial charge in [-0.15, -0.1) is 22.7 Å². The average Bonchev–Trinajstić information content (AvgIpc) is 3.84.